The van der Waals surface area contributed by atoms with Gasteiger partial charge in [-0.15, -0.1) is 11.3 Å². The smallest absolute Gasteiger partial charge is 0.203 e. The van der Waals surface area contributed by atoms with Crippen LogP contribution in [0.3, 0.4) is 0 Å². The maximum absolute atomic E-state index is 4.27. The molecule has 1 N–H and O–H groups in total. The first-order valence-corrected chi connectivity index (χ1v) is 6.09. The van der Waals surface area contributed by atoms with Gasteiger partial charge in [0.15, 0.2) is 0 Å². The second-order valence-corrected chi connectivity index (χ2v) is 4.59. The van der Waals surface area contributed by atoms with Gasteiger partial charge in [-0.2, -0.15) is 5.10 Å². The molecule has 0 bridgehead atoms. The second-order valence-electron chi connectivity index (χ2n) is 3.73. The lowest BCUT2D eigenvalue weighted by molar-refractivity contribution is 0.627. The molecule has 0 spiro atoms. The van der Waals surface area contributed by atoms with E-state index in [4.69, 9.17) is 0 Å². The number of allylic oxidation sites excluding steroid dienone is 2. The highest BCUT2D eigenvalue weighted by Crippen LogP contribution is 2.17. The van der Waals surface area contributed by atoms with E-state index in [1.165, 1.54) is 12.8 Å². The Bertz CT molecular complexity index is 368. The van der Waals surface area contributed by atoms with Gasteiger partial charge < -0.3 is 0 Å². The van der Waals surface area contributed by atoms with Gasteiger partial charge in [0.05, 0.1) is 5.69 Å². The third-order valence-corrected chi connectivity index (χ3v) is 3.24. The van der Waals surface area contributed by atoms with Gasteiger partial charge in [0.25, 0.3) is 0 Å². The normalized spacial score (nSPS) is 21.0. The van der Waals surface area contributed by atoms with Crippen molar-refractivity contribution in [3.05, 3.63) is 23.2 Å². The lowest BCUT2D eigenvalue weighted by atomic mass is 9.96. The Morgan fingerprint density at radius 3 is 3.20 bits per heavy atom. The standard InChI is InChI=1S/C11H15N3S/c1-9-8-15-11(13-9)14-12-7-10-5-3-2-4-6-10/h2-3,7-8,10H,4-6H2,1H3,(H,13,14)/b12-7+. The van der Waals surface area contributed by atoms with Gasteiger partial charge in [-0.3, -0.25) is 5.43 Å². The summed E-state index contributed by atoms with van der Waals surface area (Å²) in [5.74, 6) is 0.587. The number of hydrazone groups is 1. The fourth-order valence-corrected chi connectivity index (χ4v) is 2.19. The van der Waals surface area contributed by atoms with E-state index >= 15 is 0 Å². The minimum absolute atomic E-state index is 0.587. The molecule has 0 radical (unpaired) electrons. The molecule has 1 atom stereocenters. The summed E-state index contributed by atoms with van der Waals surface area (Å²) in [5.41, 5.74) is 4.01. The SMILES string of the molecule is Cc1csc(N/N=C/C2CC=CCC2)n1. The van der Waals surface area contributed by atoms with Crippen LogP contribution >= 0.6 is 11.3 Å². The van der Waals surface area contributed by atoms with Gasteiger partial charge in [0.1, 0.15) is 0 Å². The summed E-state index contributed by atoms with van der Waals surface area (Å²) < 4.78 is 0. The van der Waals surface area contributed by atoms with Gasteiger partial charge in [0.2, 0.25) is 5.13 Å². The van der Waals surface area contributed by atoms with E-state index in [1.807, 2.05) is 18.5 Å². The number of hydrogen-bond donors (Lipinski definition) is 1. The van der Waals surface area contributed by atoms with E-state index in [1.54, 1.807) is 11.3 Å². The van der Waals surface area contributed by atoms with E-state index in [2.05, 4.69) is 27.7 Å². The van der Waals surface area contributed by atoms with E-state index in [0.717, 1.165) is 17.2 Å². The molecule has 0 aromatic carbocycles. The number of hydrogen-bond acceptors (Lipinski definition) is 4. The fourth-order valence-electron chi connectivity index (χ4n) is 1.56. The molecule has 0 fully saturated rings. The predicted molar refractivity (Wildman–Crippen MR) is 65.4 cm³/mol. The zero-order chi connectivity index (χ0) is 10.5. The highest BCUT2D eigenvalue weighted by atomic mass is 32.1. The van der Waals surface area contributed by atoms with Crippen LogP contribution < -0.4 is 5.43 Å². The molecule has 15 heavy (non-hydrogen) atoms. The van der Waals surface area contributed by atoms with E-state index < -0.39 is 0 Å². The average molecular weight is 221 g/mol. The summed E-state index contributed by atoms with van der Waals surface area (Å²) in [6.45, 7) is 1.98. The predicted octanol–water partition coefficient (Wildman–Crippen LogP) is 3.21. The van der Waals surface area contributed by atoms with Gasteiger partial charge in [0, 0.05) is 11.6 Å². The number of aromatic nitrogens is 1. The van der Waals surface area contributed by atoms with Crippen molar-refractivity contribution in [2.45, 2.75) is 26.2 Å². The monoisotopic (exact) mass is 221 g/mol. The summed E-state index contributed by atoms with van der Waals surface area (Å²) >= 11 is 1.59. The Balaban J connectivity index is 1.82. The summed E-state index contributed by atoms with van der Waals surface area (Å²) in [7, 11) is 0. The van der Waals surface area contributed by atoms with Gasteiger partial charge in [-0.25, -0.2) is 4.98 Å². The van der Waals surface area contributed by atoms with Crippen LogP contribution in [0.15, 0.2) is 22.6 Å². The van der Waals surface area contributed by atoms with Gasteiger partial charge >= 0.3 is 0 Å². The van der Waals surface area contributed by atoms with Crippen molar-refractivity contribution in [2.75, 3.05) is 5.43 Å². The Kier molecular flexibility index (Phi) is 3.50. The Hall–Kier alpha value is -1.16. The average Bonchev–Trinajstić information content (AvgIpc) is 2.66. The van der Waals surface area contributed by atoms with Crippen LogP contribution in [0.25, 0.3) is 0 Å². The molecule has 2 rings (SSSR count). The Morgan fingerprint density at radius 1 is 1.60 bits per heavy atom. The third kappa shape index (κ3) is 3.16. The van der Waals surface area contributed by atoms with Crippen molar-refractivity contribution >= 4 is 22.7 Å². The number of aryl methyl sites for hydroxylation is 1. The molecular weight excluding hydrogens is 206 g/mol. The van der Waals surface area contributed by atoms with Crippen molar-refractivity contribution in [1.29, 1.82) is 0 Å². The quantitative estimate of drug-likeness (QED) is 0.483. The highest BCUT2D eigenvalue weighted by molar-refractivity contribution is 7.13. The van der Waals surface area contributed by atoms with Crippen molar-refractivity contribution < 1.29 is 0 Å². The molecule has 1 aromatic heterocycles. The molecule has 0 amide bonds. The van der Waals surface area contributed by atoms with Crippen LogP contribution in [-0.4, -0.2) is 11.2 Å². The maximum atomic E-state index is 4.27. The molecular formula is C11H15N3S. The van der Waals surface area contributed by atoms with Gasteiger partial charge in [-0.05, 0) is 32.1 Å². The minimum Gasteiger partial charge on any atom is -0.253 e. The molecule has 3 nitrogen and oxygen atoms in total. The van der Waals surface area contributed by atoms with Crippen LogP contribution in [-0.2, 0) is 0 Å². The van der Waals surface area contributed by atoms with Crippen molar-refractivity contribution in [2.24, 2.45) is 11.0 Å². The molecule has 0 saturated carbocycles. The second kappa shape index (κ2) is 5.07. The molecule has 1 aliphatic carbocycles. The lowest BCUT2D eigenvalue weighted by Crippen LogP contribution is -2.04. The first kappa shape index (κ1) is 10.4. The molecule has 0 aliphatic heterocycles. The summed E-state index contributed by atoms with van der Waals surface area (Å²) in [5, 5.41) is 7.10. The summed E-state index contributed by atoms with van der Waals surface area (Å²) in [4.78, 5) is 4.27. The topological polar surface area (TPSA) is 37.3 Å². The zero-order valence-corrected chi connectivity index (χ0v) is 9.63. The fraction of sp³-hybridized carbons (Fsp3) is 0.455. The number of anilines is 1. The van der Waals surface area contributed by atoms with Crippen LogP contribution in [0.5, 0.6) is 0 Å². The van der Waals surface area contributed by atoms with Crippen LogP contribution in [0, 0.1) is 12.8 Å². The molecule has 1 aliphatic rings. The molecule has 80 valence electrons. The van der Waals surface area contributed by atoms with E-state index in [-0.39, 0.29) is 0 Å². The van der Waals surface area contributed by atoms with Crippen LogP contribution in [0.1, 0.15) is 25.0 Å². The number of rotatable bonds is 3. The van der Waals surface area contributed by atoms with E-state index in [0.29, 0.717) is 5.92 Å². The maximum Gasteiger partial charge on any atom is 0.203 e. The first-order valence-electron chi connectivity index (χ1n) is 5.21. The molecule has 1 heterocycles. The largest absolute Gasteiger partial charge is 0.253 e. The Labute approximate surface area is 93.9 Å². The minimum atomic E-state index is 0.587. The highest BCUT2D eigenvalue weighted by Gasteiger charge is 2.06. The number of nitrogens with zero attached hydrogens (tertiary/aromatic N) is 2. The summed E-state index contributed by atoms with van der Waals surface area (Å²) in [6.07, 6.45) is 9.96. The summed E-state index contributed by atoms with van der Waals surface area (Å²) in [6, 6.07) is 0. The molecule has 1 unspecified atom stereocenters. The zero-order valence-electron chi connectivity index (χ0n) is 8.81. The van der Waals surface area contributed by atoms with Crippen LogP contribution in [0.2, 0.25) is 0 Å². The third-order valence-electron chi connectivity index (χ3n) is 2.37. The number of thiazole rings is 1. The van der Waals surface area contributed by atoms with Gasteiger partial charge in [-0.1, -0.05) is 12.2 Å². The lowest BCUT2D eigenvalue weighted by Gasteiger charge is -2.11. The van der Waals surface area contributed by atoms with Crippen molar-refractivity contribution in [3.63, 3.8) is 0 Å². The molecule has 1 aromatic rings. The Morgan fingerprint density at radius 2 is 2.53 bits per heavy atom. The first-order chi connectivity index (χ1) is 7.34. The molecule has 0 saturated heterocycles. The molecule has 4 heteroatoms. The van der Waals surface area contributed by atoms with Crippen molar-refractivity contribution in [3.8, 4) is 0 Å². The van der Waals surface area contributed by atoms with E-state index in [9.17, 15) is 0 Å². The van der Waals surface area contributed by atoms with Crippen molar-refractivity contribution in [1.82, 2.24) is 4.98 Å². The number of nitrogens with one attached hydrogen (secondary N) is 1. The van der Waals surface area contributed by atoms with Crippen LogP contribution in [0.4, 0.5) is 5.13 Å².